The largest absolute Gasteiger partial charge is 0.481 e. The Kier molecular flexibility index (Phi) is 5.46. The monoisotopic (exact) mass is 308 g/mol. The van der Waals surface area contributed by atoms with E-state index in [0.717, 1.165) is 11.3 Å². The summed E-state index contributed by atoms with van der Waals surface area (Å²) >= 11 is 6.88. The normalized spacial score (nSPS) is 9.83. The minimum atomic E-state index is -0.999. The van der Waals surface area contributed by atoms with Crippen LogP contribution in [0.1, 0.15) is 9.67 Å². The number of carboxylic acid groups (broad SMARTS) is 1. The van der Waals surface area contributed by atoms with Crippen LogP contribution in [0.25, 0.3) is 0 Å². The summed E-state index contributed by atoms with van der Waals surface area (Å²) in [4.78, 5) is 14.8. The second kappa shape index (κ2) is 6.63. The molecule has 0 radical (unpaired) electrons. The molecule has 1 N–H and O–H groups in total. The van der Waals surface area contributed by atoms with Crippen molar-refractivity contribution in [3.8, 4) is 5.06 Å². The molecule has 0 saturated heterocycles. The summed E-state index contributed by atoms with van der Waals surface area (Å²) in [5, 5.41) is 9.55. The van der Waals surface area contributed by atoms with Gasteiger partial charge >= 0.3 is 5.97 Å². The molecule has 0 amide bonds. The fraction of sp³-hybridized carbons (Fsp3) is 0.200. The number of aromatic nitrogens is 2. The molecule has 0 atom stereocenters. The standard InChI is InChI=1S/C10H9ClN2O3S.ClH/c11-7-5-8(9(14)15)17-10(7)16-4-3-13-2-1-12-6-13;/h1-2,5-6H,3-4H2,(H,14,15);1H. The molecule has 0 aromatic carbocycles. The van der Waals surface area contributed by atoms with Crippen LogP contribution in [0.3, 0.4) is 0 Å². The van der Waals surface area contributed by atoms with Crippen molar-refractivity contribution in [3.63, 3.8) is 0 Å². The van der Waals surface area contributed by atoms with Crippen LogP contribution >= 0.6 is 35.3 Å². The summed E-state index contributed by atoms with van der Waals surface area (Å²) in [6.45, 7) is 1.05. The fourth-order valence-electron chi connectivity index (χ4n) is 1.22. The van der Waals surface area contributed by atoms with E-state index in [0.29, 0.717) is 23.2 Å². The van der Waals surface area contributed by atoms with Crippen molar-refractivity contribution in [1.82, 2.24) is 9.55 Å². The maximum atomic E-state index is 10.7. The van der Waals surface area contributed by atoms with Gasteiger partial charge in [0.2, 0.25) is 0 Å². The predicted molar refractivity (Wildman–Crippen MR) is 71.3 cm³/mol. The molecule has 0 aliphatic rings. The van der Waals surface area contributed by atoms with Gasteiger partial charge in [0.15, 0.2) is 5.06 Å². The van der Waals surface area contributed by atoms with E-state index in [9.17, 15) is 4.79 Å². The first-order chi connectivity index (χ1) is 8.16. The molecule has 0 aliphatic carbocycles. The number of nitrogens with zero attached hydrogens (tertiary/aromatic N) is 2. The van der Waals surface area contributed by atoms with Crippen molar-refractivity contribution in [2.24, 2.45) is 0 Å². The quantitative estimate of drug-likeness (QED) is 0.922. The number of rotatable bonds is 5. The highest BCUT2D eigenvalue weighted by Gasteiger charge is 2.13. The minimum Gasteiger partial charge on any atom is -0.481 e. The Balaban J connectivity index is 0.00000162. The van der Waals surface area contributed by atoms with Gasteiger partial charge in [0.25, 0.3) is 0 Å². The third kappa shape index (κ3) is 3.63. The van der Waals surface area contributed by atoms with Crippen LogP contribution < -0.4 is 4.74 Å². The van der Waals surface area contributed by atoms with Crippen molar-refractivity contribution in [2.45, 2.75) is 6.54 Å². The molecule has 0 unspecified atom stereocenters. The average Bonchev–Trinajstić information content (AvgIpc) is 2.89. The highest BCUT2D eigenvalue weighted by atomic mass is 35.5. The van der Waals surface area contributed by atoms with Gasteiger partial charge in [-0.25, -0.2) is 9.78 Å². The summed E-state index contributed by atoms with van der Waals surface area (Å²) in [6, 6.07) is 1.39. The van der Waals surface area contributed by atoms with Gasteiger partial charge in [-0.1, -0.05) is 22.9 Å². The number of halogens is 2. The molecule has 2 aromatic heterocycles. The van der Waals surface area contributed by atoms with Crippen molar-refractivity contribution >= 4 is 41.3 Å². The number of carbonyl (C=O) groups is 1. The third-order valence-corrected chi connectivity index (χ3v) is 3.44. The van der Waals surface area contributed by atoms with Crippen molar-refractivity contribution in [3.05, 3.63) is 34.7 Å². The lowest BCUT2D eigenvalue weighted by Crippen LogP contribution is -2.05. The van der Waals surface area contributed by atoms with Crippen LogP contribution in [-0.4, -0.2) is 27.2 Å². The van der Waals surface area contributed by atoms with E-state index in [1.54, 1.807) is 12.5 Å². The number of carboxylic acids is 1. The molecule has 2 aromatic rings. The van der Waals surface area contributed by atoms with E-state index >= 15 is 0 Å². The minimum absolute atomic E-state index is 0. The fourth-order valence-corrected chi connectivity index (χ4v) is 2.33. The number of hydrogen-bond acceptors (Lipinski definition) is 4. The molecule has 0 saturated carbocycles. The first-order valence-corrected chi connectivity index (χ1v) is 5.97. The molecule has 98 valence electrons. The molecule has 18 heavy (non-hydrogen) atoms. The van der Waals surface area contributed by atoms with Crippen molar-refractivity contribution in [1.29, 1.82) is 0 Å². The van der Waals surface area contributed by atoms with Crippen LogP contribution in [0.4, 0.5) is 0 Å². The lowest BCUT2D eigenvalue weighted by molar-refractivity contribution is 0.0702. The molecule has 0 aliphatic heterocycles. The molecule has 0 spiro atoms. The van der Waals surface area contributed by atoms with Crippen LogP contribution in [0.2, 0.25) is 5.02 Å². The van der Waals surface area contributed by atoms with Crippen LogP contribution in [0.5, 0.6) is 5.06 Å². The van der Waals surface area contributed by atoms with Crippen LogP contribution in [0.15, 0.2) is 24.8 Å². The summed E-state index contributed by atoms with van der Waals surface area (Å²) in [5.74, 6) is -0.999. The van der Waals surface area contributed by atoms with E-state index in [-0.39, 0.29) is 17.3 Å². The Morgan fingerprint density at radius 2 is 2.39 bits per heavy atom. The number of aromatic carboxylic acids is 1. The second-order valence-electron chi connectivity index (χ2n) is 3.20. The van der Waals surface area contributed by atoms with E-state index in [4.69, 9.17) is 21.4 Å². The zero-order chi connectivity index (χ0) is 12.3. The number of hydrogen-bond donors (Lipinski definition) is 1. The maximum absolute atomic E-state index is 10.7. The molecule has 2 rings (SSSR count). The first kappa shape index (κ1) is 14.8. The van der Waals surface area contributed by atoms with Crippen molar-refractivity contribution < 1.29 is 14.6 Å². The Labute approximate surface area is 118 Å². The lowest BCUT2D eigenvalue weighted by atomic mass is 10.5. The summed E-state index contributed by atoms with van der Waals surface area (Å²) < 4.78 is 7.28. The highest BCUT2D eigenvalue weighted by Crippen LogP contribution is 2.34. The van der Waals surface area contributed by atoms with Gasteiger partial charge in [0.1, 0.15) is 11.5 Å². The SMILES string of the molecule is Cl.O=C(O)c1cc(Cl)c(OCCn2ccnc2)s1. The molecule has 0 bridgehead atoms. The third-order valence-electron chi connectivity index (χ3n) is 2.01. The van der Waals surface area contributed by atoms with Gasteiger partial charge < -0.3 is 14.4 Å². The second-order valence-corrected chi connectivity index (χ2v) is 4.62. The van der Waals surface area contributed by atoms with Crippen LogP contribution in [0, 0.1) is 0 Å². The van der Waals surface area contributed by atoms with Gasteiger partial charge in [-0.15, -0.1) is 12.4 Å². The van der Waals surface area contributed by atoms with Gasteiger partial charge in [-0.05, 0) is 6.07 Å². The molecule has 2 heterocycles. The Morgan fingerprint density at radius 3 is 2.94 bits per heavy atom. The summed E-state index contributed by atoms with van der Waals surface area (Å²) in [7, 11) is 0. The van der Waals surface area contributed by atoms with Gasteiger partial charge in [0, 0.05) is 12.4 Å². The first-order valence-electron chi connectivity index (χ1n) is 4.78. The number of imidazole rings is 1. The average molecular weight is 309 g/mol. The zero-order valence-corrected chi connectivity index (χ0v) is 11.5. The molecular weight excluding hydrogens is 299 g/mol. The Bertz CT molecular complexity index is 513. The Morgan fingerprint density at radius 1 is 1.61 bits per heavy atom. The smallest absolute Gasteiger partial charge is 0.346 e. The number of thiophene rings is 1. The number of ether oxygens (including phenoxy) is 1. The summed E-state index contributed by atoms with van der Waals surface area (Å²) in [5.41, 5.74) is 0. The van der Waals surface area contributed by atoms with Gasteiger partial charge in [-0.3, -0.25) is 0 Å². The summed E-state index contributed by atoms with van der Waals surface area (Å²) in [6.07, 6.45) is 5.19. The molecule has 8 heteroatoms. The lowest BCUT2D eigenvalue weighted by Gasteiger charge is -2.04. The molecule has 5 nitrogen and oxygen atoms in total. The highest BCUT2D eigenvalue weighted by molar-refractivity contribution is 7.16. The topological polar surface area (TPSA) is 64.3 Å². The van der Waals surface area contributed by atoms with E-state index < -0.39 is 5.97 Å². The van der Waals surface area contributed by atoms with E-state index in [1.807, 2.05) is 10.8 Å². The van der Waals surface area contributed by atoms with Crippen LogP contribution in [-0.2, 0) is 6.54 Å². The van der Waals surface area contributed by atoms with Gasteiger partial charge in [0.05, 0.1) is 17.9 Å². The zero-order valence-electron chi connectivity index (χ0n) is 9.08. The van der Waals surface area contributed by atoms with Crippen molar-refractivity contribution in [2.75, 3.05) is 6.61 Å². The maximum Gasteiger partial charge on any atom is 0.346 e. The molecule has 0 fully saturated rings. The van der Waals surface area contributed by atoms with Gasteiger partial charge in [-0.2, -0.15) is 0 Å². The predicted octanol–water partition coefficient (Wildman–Crippen LogP) is 2.80. The molecular formula is C10H10Cl2N2O3S. The van der Waals surface area contributed by atoms with E-state index in [2.05, 4.69) is 4.98 Å². The Hall–Kier alpha value is -1.24. The van der Waals surface area contributed by atoms with E-state index in [1.165, 1.54) is 6.07 Å².